The van der Waals surface area contributed by atoms with Crippen LogP contribution in [0.25, 0.3) is 0 Å². The molecule has 0 aliphatic heterocycles. The van der Waals surface area contributed by atoms with E-state index in [0.29, 0.717) is 16.5 Å². The van der Waals surface area contributed by atoms with E-state index >= 15 is 0 Å². The maximum Gasteiger partial charge on any atom is 0.224 e. The molecule has 0 amide bonds. The molecule has 1 N–H and O–H groups in total. The van der Waals surface area contributed by atoms with Crippen molar-refractivity contribution in [3.05, 3.63) is 40.8 Å². The molecule has 0 saturated carbocycles. The Hall–Kier alpha value is -1.17. The smallest absolute Gasteiger partial charge is 0.224 e. The highest BCUT2D eigenvalue weighted by molar-refractivity contribution is 8.03. The second kappa shape index (κ2) is 6.30. The Morgan fingerprint density at radius 1 is 1.24 bits per heavy atom. The van der Waals surface area contributed by atoms with Crippen molar-refractivity contribution in [1.82, 2.24) is 9.97 Å². The summed E-state index contributed by atoms with van der Waals surface area (Å²) in [6, 6.07) is 7.44. The van der Waals surface area contributed by atoms with Gasteiger partial charge in [0.25, 0.3) is 0 Å². The zero-order chi connectivity index (χ0) is 15.6. The minimum atomic E-state index is -2.50. The highest BCUT2D eigenvalue weighted by Crippen LogP contribution is 2.32. The van der Waals surface area contributed by atoms with Crippen LogP contribution in [0.3, 0.4) is 0 Å². The number of anilines is 2. The summed E-state index contributed by atoms with van der Waals surface area (Å²) >= 11 is 11.8. The molecule has 0 bridgehead atoms. The van der Waals surface area contributed by atoms with Gasteiger partial charge in [-0.2, -0.15) is 4.98 Å². The van der Waals surface area contributed by atoms with E-state index < -0.39 is 9.93 Å². The lowest BCUT2D eigenvalue weighted by atomic mass is 10.3. The van der Waals surface area contributed by atoms with Crippen molar-refractivity contribution in [2.45, 2.75) is 24.0 Å². The van der Waals surface area contributed by atoms with Crippen molar-refractivity contribution in [3.8, 4) is 0 Å². The van der Waals surface area contributed by atoms with E-state index in [-0.39, 0.29) is 10.5 Å². The number of nitrogens with one attached hydrogen (secondary N) is 1. The third kappa shape index (κ3) is 3.54. The summed E-state index contributed by atoms with van der Waals surface area (Å²) in [5.41, 5.74) is 0.716. The molecule has 0 saturated heterocycles. The van der Waals surface area contributed by atoms with Crippen molar-refractivity contribution in [2.24, 2.45) is 0 Å². The summed E-state index contributed by atoms with van der Waals surface area (Å²) in [4.78, 5) is 8.63. The average molecular weight is 346 g/mol. The van der Waals surface area contributed by atoms with Gasteiger partial charge in [-0.1, -0.05) is 47.5 Å². The molecule has 0 radical (unpaired) electrons. The maximum atomic E-state index is 12.9. The third-order valence-electron chi connectivity index (χ3n) is 3.34. The SMILES string of the molecule is CC(C)[SH](C)(=O)c1ccccc1Nc1nc(Cl)ncc1Cl. The molecule has 0 spiro atoms. The first-order valence-corrected chi connectivity index (χ1v) is 9.42. The van der Waals surface area contributed by atoms with E-state index in [0.717, 1.165) is 4.90 Å². The standard InChI is InChI=1S/C14H17Cl2N3OS/c1-9(2)21(3,20)12-7-5-4-6-11(12)18-13-10(15)8-17-14(16)19-13/h4-9,21H,1-3H3,(H,17,18,19). The first-order chi connectivity index (χ1) is 9.82. The van der Waals surface area contributed by atoms with Crippen molar-refractivity contribution in [1.29, 1.82) is 0 Å². The Morgan fingerprint density at radius 3 is 2.57 bits per heavy atom. The van der Waals surface area contributed by atoms with Gasteiger partial charge in [-0.05, 0) is 30.0 Å². The Kier molecular flexibility index (Phi) is 4.86. The van der Waals surface area contributed by atoms with Crippen LogP contribution in [0.5, 0.6) is 0 Å². The lowest BCUT2D eigenvalue weighted by Gasteiger charge is -2.26. The Morgan fingerprint density at radius 2 is 1.90 bits per heavy atom. The topological polar surface area (TPSA) is 54.9 Å². The fourth-order valence-electron chi connectivity index (χ4n) is 1.81. The molecule has 0 aliphatic rings. The fourth-order valence-corrected chi connectivity index (χ4v) is 3.62. The third-order valence-corrected chi connectivity index (χ3v) is 7.11. The average Bonchev–Trinajstić information content (AvgIpc) is 2.43. The van der Waals surface area contributed by atoms with Crippen LogP contribution in [0.2, 0.25) is 10.3 Å². The number of thiol groups is 1. The van der Waals surface area contributed by atoms with Gasteiger partial charge < -0.3 is 5.32 Å². The van der Waals surface area contributed by atoms with Gasteiger partial charge in [0, 0.05) is 10.1 Å². The molecule has 2 rings (SSSR count). The molecule has 114 valence electrons. The number of halogens is 2. The predicted molar refractivity (Wildman–Crippen MR) is 90.6 cm³/mol. The van der Waals surface area contributed by atoms with Crippen molar-refractivity contribution in [2.75, 3.05) is 11.6 Å². The largest absolute Gasteiger partial charge is 0.338 e. The van der Waals surface area contributed by atoms with E-state index in [1.54, 1.807) is 6.26 Å². The van der Waals surface area contributed by atoms with Crippen LogP contribution >= 0.6 is 23.2 Å². The molecule has 4 nitrogen and oxygen atoms in total. The van der Waals surface area contributed by atoms with Gasteiger partial charge in [-0.15, -0.1) is 0 Å². The van der Waals surface area contributed by atoms with Crippen LogP contribution in [-0.2, 0) is 9.93 Å². The number of para-hydroxylation sites is 1. The van der Waals surface area contributed by atoms with Gasteiger partial charge in [0.2, 0.25) is 5.28 Å². The van der Waals surface area contributed by atoms with Gasteiger partial charge >= 0.3 is 0 Å². The summed E-state index contributed by atoms with van der Waals surface area (Å²) in [7, 11) is -2.50. The highest BCUT2D eigenvalue weighted by atomic mass is 35.5. The molecule has 0 unspecified atom stereocenters. The minimum absolute atomic E-state index is 0.0462. The summed E-state index contributed by atoms with van der Waals surface area (Å²) in [5.74, 6) is 0.396. The molecule has 0 atom stereocenters. The number of nitrogens with zero attached hydrogens (tertiary/aromatic N) is 2. The maximum absolute atomic E-state index is 12.9. The number of hydrogen-bond donors (Lipinski definition) is 2. The Balaban J connectivity index is 2.47. The first-order valence-electron chi connectivity index (χ1n) is 6.44. The number of aromatic nitrogens is 2. The molecular weight excluding hydrogens is 329 g/mol. The van der Waals surface area contributed by atoms with Crippen LogP contribution in [-0.4, -0.2) is 25.7 Å². The van der Waals surface area contributed by atoms with Gasteiger partial charge in [0.15, 0.2) is 5.82 Å². The van der Waals surface area contributed by atoms with E-state index in [1.165, 1.54) is 6.20 Å². The van der Waals surface area contributed by atoms with Gasteiger partial charge in [-0.25, -0.2) is 4.98 Å². The van der Waals surface area contributed by atoms with E-state index in [2.05, 4.69) is 15.3 Å². The fraction of sp³-hybridized carbons (Fsp3) is 0.286. The molecule has 1 aromatic heterocycles. The van der Waals surface area contributed by atoms with Crippen molar-refractivity contribution < 1.29 is 4.21 Å². The van der Waals surface area contributed by atoms with E-state index in [4.69, 9.17) is 23.2 Å². The second-order valence-corrected chi connectivity index (χ2v) is 9.30. The van der Waals surface area contributed by atoms with Crippen LogP contribution in [0.4, 0.5) is 11.5 Å². The molecule has 21 heavy (non-hydrogen) atoms. The lowest BCUT2D eigenvalue weighted by molar-refractivity contribution is 0.667. The predicted octanol–water partition coefficient (Wildman–Crippen LogP) is 3.94. The van der Waals surface area contributed by atoms with Crippen LogP contribution in [0, 0.1) is 0 Å². The molecular formula is C14H17Cl2N3OS. The summed E-state index contributed by atoms with van der Waals surface area (Å²) < 4.78 is 12.9. The number of benzene rings is 1. The Bertz CT molecular complexity index is 706. The van der Waals surface area contributed by atoms with Gasteiger partial charge in [-0.3, -0.25) is 4.21 Å². The van der Waals surface area contributed by atoms with Crippen molar-refractivity contribution in [3.63, 3.8) is 0 Å². The first kappa shape index (κ1) is 16.2. The quantitative estimate of drug-likeness (QED) is 0.650. The summed E-state index contributed by atoms with van der Waals surface area (Å²) in [6.45, 7) is 3.90. The zero-order valence-electron chi connectivity index (χ0n) is 12.0. The second-order valence-electron chi connectivity index (χ2n) is 5.06. The molecule has 7 heteroatoms. The van der Waals surface area contributed by atoms with Gasteiger partial charge in [0.05, 0.1) is 11.9 Å². The molecule has 1 aromatic carbocycles. The number of hydrogen-bond acceptors (Lipinski definition) is 4. The normalized spacial score (nSPS) is 12.5. The lowest BCUT2D eigenvalue weighted by Crippen LogP contribution is -2.22. The minimum Gasteiger partial charge on any atom is -0.338 e. The molecule has 0 fully saturated rings. The van der Waals surface area contributed by atoms with Gasteiger partial charge in [0.1, 0.15) is 5.02 Å². The molecule has 0 aliphatic carbocycles. The Labute approximate surface area is 135 Å². The van der Waals surface area contributed by atoms with E-state index in [1.807, 2.05) is 38.1 Å². The monoisotopic (exact) mass is 345 g/mol. The molecule has 2 aromatic rings. The van der Waals surface area contributed by atoms with Crippen LogP contribution in [0.1, 0.15) is 13.8 Å². The van der Waals surface area contributed by atoms with Crippen LogP contribution < -0.4 is 5.32 Å². The van der Waals surface area contributed by atoms with Crippen LogP contribution in [0.15, 0.2) is 35.4 Å². The number of rotatable bonds is 4. The summed E-state index contributed by atoms with van der Waals surface area (Å²) in [5, 5.41) is 3.60. The van der Waals surface area contributed by atoms with E-state index in [9.17, 15) is 4.21 Å². The highest BCUT2D eigenvalue weighted by Gasteiger charge is 2.20. The van der Waals surface area contributed by atoms with Crippen molar-refractivity contribution >= 4 is 44.6 Å². The molecule has 1 heterocycles. The zero-order valence-corrected chi connectivity index (χ0v) is 14.4. The summed E-state index contributed by atoms with van der Waals surface area (Å²) in [6.07, 6.45) is 3.21.